The van der Waals surface area contributed by atoms with Crippen LogP contribution < -0.4 is 5.32 Å². The Hall–Kier alpha value is -1.89. The van der Waals surface area contributed by atoms with Gasteiger partial charge >= 0.3 is 11.7 Å². The van der Waals surface area contributed by atoms with Crippen molar-refractivity contribution in [2.75, 3.05) is 5.32 Å². The van der Waals surface area contributed by atoms with Crippen LogP contribution in [-0.2, 0) is 4.79 Å². The van der Waals surface area contributed by atoms with Crippen molar-refractivity contribution in [1.29, 1.82) is 0 Å². The van der Waals surface area contributed by atoms with Crippen LogP contribution >= 0.6 is 11.6 Å². The van der Waals surface area contributed by atoms with Crippen molar-refractivity contribution in [3.8, 4) is 0 Å². The maximum atomic E-state index is 11.0. The lowest BCUT2D eigenvalue weighted by atomic mass is 9.86. The molecule has 20 heavy (non-hydrogen) atoms. The minimum Gasteiger partial charge on any atom is -0.481 e. The molecule has 0 bridgehead atoms. The van der Waals surface area contributed by atoms with Gasteiger partial charge in [0.1, 0.15) is 0 Å². The van der Waals surface area contributed by atoms with Gasteiger partial charge in [-0.05, 0) is 19.3 Å². The zero-order chi connectivity index (χ0) is 14.7. The van der Waals surface area contributed by atoms with E-state index in [1.165, 1.54) is 12.3 Å². The number of halogens is 1. The Labute approximate surface area is 120 Å². The number of aliphatic carboxylic acids is 1. The van der Waals surface area contributed by atoms with E-state index in [0.717, 1.165) is 12.8 Å². The van der Waals surface area contributed by atoms with E-state index < -0.39 is 16.8 Å². The van der Waals surface area contributed by atoms with Crippen LogP contribution in [-0.4, -0.2) is 27.0 Å². The molecule has 1 aromatic rings. The molecule has 0 aromatic carbocycles. The Balaban J connectivity index is 2.13. The molecular weight excluding hydrogens is 286 g/mol. The number of hydrogen-bond donors (Lipinski definition) is 2. The highest BCUT2D eigenvalue weighted by atomic mass is 35.5. The Morgan fingerprint density at radius 3 is 2.95 bits per heavy atom. The summed E-state index contributed by atoms with van der Waals surface area (Å²) < 4.78 is 0. The molecule has 8 heteroatoms. The molecule has 0 spiro atoms. The third kappa shape index (κ3) is 3.36. The minimum atomic E-state index is -0.824. The Morgan fingerprint density at radius 2 is 2.30 bits per heavy atom. The molecule has 108 valence electrons. The van der Waals surface area contributed by atoms with Gasteiger partial charge in [0, 0.05) is 18.3 Å². The molecule has 0 amide bonds. The number of carbonyl (C=O) groups is 1. The van der Waals surface area contributed by atoms with Gasteiger partial charge < -0.3 is 10.4 Å². The van der Waals surface area contributed by atoms with E-state index in [9.17, 15) is 14.9 Å². The highest BCUT2D eigenvalue weighted by molar-refractivity contribution is 6.30. The fourth-order valence-corrected chi connectivity index (χ4v) is 2.57. The zero-order valence-electron chi connectivity index (χ0n) is 10.6. The van der Waals surface area contributed by atoms with E-state index in [2.05, 4.69) is 10.3 Å². The maximum Gasteiger partial charge on any atom is 0.312 e. The maximum absolute atomic E-state index is 11.0. The van der Waals surface area contributed by atoms with Crippen LogP contribution in [0.25, 0.3) is 0 Å². The molecule has 2 atom stereocenters. The molecule has 2 N–H and O–H groups in total. The summed E-state index contributed by atoms with van der Waals surface area (Å²) in [5.74, 6) is -1.10. The number of carboxylic acids is 1. The lowest BCUT2D eigenvalue weighted by Crippen LogP contribution is -2.31. The van der Waals surface area contributed by atoms with E-state index in [1.807, 2.05) is 0 Å². The van der Waals surface area contributed by atoms with Crippen molar-refractivity contribution in [3.63, 3.8) is 0 Å². The highest BCUT2D eigenvalue weighted by Gasteiger charge is 2.28. The monoisotopic (exact) mass is 299 g/mol. The first-order valence-corrected chi connectivity index (χ1v) is 6.64. The van der Waals surface area contributed by atoms with Gasteiger partial charge in [-0.15, -0.1) is 0 Å². The van der Waals surface area contributed by atoms with Crippen molar-refractivity contribution in [1.82, 2.24) is 4.98 Å². The van der Waals surface area contributed by atoms with Gasteiger partial charge in [0.25, 0.3) is 0 Å². The van der Waals surface area contributed by atoms with Gasteiger partial charge in [-0.2, -0.15) is 0 Å². The summed E-state index contributed by atoms with van der Waals surface area (Å²) in [6.45, 7) is 0. The lowest BCUT2D eigenvalue weighted by molar-refractivity contribution is -0.384. The third-order valence-electron chi connectivity index (χ3n) is 3.40. The van der Waals surface area contributed by atoms with E-state index in [4.69, 9.17) is 16.7 Å². The quantitative estimate of drug-likeness (QED) is 0.654. The predicted octanol–water partition coefficient (Wildman–Crippen LogP) is 2.70. The van der Waals surface area contributed by atoms with Gasteiger partial charge in [0.2, 0.25) is 5.82 Å². The van der Waals surface area contributed by atoms with Crippen molar-refractivity contribution in [3.05, 3.63) is 27.4 Å². The SMILES string of the molecule is O=C(O)C1CCCC(Nc2ncc(Cl)cc2[N+](=O)[O-])C1. The molecular formula is C12H14ClN3O4. The van der Waals surface area contributed by atoms with Crippen LogP contribution in [0.4, 0.5) is 11.5 Å². The molecule has 1 aromatic heterocycles. The van der Waals surface area contributed by atoms with Crippen LogP contribution in [0, 0.1) is 16.0 Å². The third-order valence-corrected chi connectivity index (χ3v) is 3.60. The van der Waals surface area contributed by atoms with E-state index in [1.54, 1.807) is 0 Å². The normalized spacial score (nSPS) is 22.2. The molecule has 1 aliphatic carbocycles. The molecule has 0 aliphatic heterocycles. The van der Waals surface area contributed by atoms with Gasteiger partial charge in [0.05, 0.1) is 15.9 Å². The average molecular weight is 300 g/mol. The molecule has 2 rings (SSSR count). The summed E-state index contributed by atoms with van der Waals surface area (Å²) in [7, 11) is 0. The first-order chi connectivity index (χ1) is 9.47. The van der Waals surface area contributed by atoms with Crippen LogP contribution in [0.1, 0.15) is 25.7 Å². The van der Waals surface area contributed by atoms with Crippen molar-refractivity contribution >= 4 is 29.1 Å². The fraction of sp³-hybridized carbons (Fsp3) is 0.500. The summed E-state index contributed by atoms with van der Waals surface area (Å²) >= 11 is 5.70. The number of hydrogen-bond acceptors (Lipinski definition) is 5. The topological polar surface area (TPSA) is 105 Å². The highest BCUT2D eigenvalue weighted by Crippen LogP contribution is 2.30. The Morgan fingerprint density at radius 1 is 1.55 bits per heavy atom. The Kier molecular flexibility index (Phi) is 4.39. The molecule has 0 saturated heterocycles. The number of aromatic nitrogens is 1. The van der Waals surface area contributed by atoms with Gasteiger partial charge in [-0.3, -0.25) is 14.9 Å². The smallest absolute Gasteiger partial charge is 0.312 e. The molecule has 1 heterocycles. The fourth-order valence-electron chi connectivity index (χ4n) is 2.42. The number of anilines is 1. The van der Waals surface area contributed by atoms with Crippen LogP contribution in [0.15, 0.2) is 12.3 Å². The van der Waals surface area contributed by atoms with E-state index in [0.29, 0.717) is 12.8 Å². The zero-order valence-corrected chi connectivity index (χ0v) is 11.3. The number of carboxylic acid groups (broad SMARTS) is 1. The van der Waals surface area contributed by atoms with Gasteiger partial charge in [-0.25, -0.2) is 4.98 Å². The standard InChI is InChI=1S/C12H14ClN3O4/c13-8-5-10(16(19)20)11(14-6-8)15-9-3-1-2-7(4-9)12(17)18/h5-7,9H,1-4H2,(H,14,15)(H,17,18). The second-order valence-corrected chi connectivity index (χ2v) is 5.26. The van der Waals surface area contributed by atoms with Crippen molar-refractivity contribution in [2.24, 2.45) is 5.92 Å². The number of nitrogens with zero attached hydrogens (tertiary/aromatic N) is 2. The second kappa shape index (κ2) is 6.04. The first kappa shape index (κ1) is 14.5. The summed E-state index contributed by atoms with van der Waals surface area (Å²) in [6.07, 6.45) is 3.95. The summed E-state index contributed by atoms with van der Waals surface area (Å²) in [4.78, 5) is 25.3. The Bertz CT molecular complexity index is 537. The molecule has 2 unspecified atom stereocenters. The van der Waals surface area contributed by atoms with Crippen LogP contribution in [0.5, 0.6) is 0 Å². The van der Waals surface area contributed by atoms with Crippen molar-refractivity contribution in [2.45, 2.75) is 31.7 Å². The first-order valence-electron chi connectivity index (χ1n) is 6.26. The van der Waals surface area contributed by atoms with Gasteiger partial charge in [-0.1, -0.05) is 18.0 Å². The van der Waals surface area contributed by atoms with Crippen molar-refractivity contribution < 1.29 is 14.8 Å². The van der Waals surface area contributed by atoms with E-state index in [-0.39, 0.29) is 22.6 Å². The number of nitro groups is 1. The molecule has 1 saturated carbocycles. The van der Waals surface area contributed by atoms with Gasteiger partial charge in [0.15, 0.2) is 0 Å². The van der Waals surface area contributed by atoms with Crippen LogP contribution in [0.3, 0.4) is 0 Å². The molecule has 1 aliphatic rings. The second-order valence-electron chi connectivity index (χ2n) is 4.82. The number of nitrogens with one attached hydrogen (secondary N) is 1. The summed E-state index contributed by atoms with van der Waals surface area (Å²) in [5.41, 5.74) is -0.199. The number of rotatable bonds is 4. The minimum absolute atomic E-state index is 0.128. The summed E-state index contributed by atoms with van der Waals surface area (Å²) in [6, 6.07) is 1.10. The molecule has 7 nitrogen and oxygen atoms in total. The van der Waals surface area contributed by atoms with E-state index >= 15 is 0 Å². The summed E-state index contributed by atoms with van der Waals surface area (Å²) in [5, 5.41) is 23.2. The molecule has 1 fully saturated rings. The lowest BCUT2D eigenvalue weighted by Gasteiger charge is -2.27. The largest absolute Gasteiger partial charge is 0.481 e. The molecule has 0 radical (unpaired) electrons. The van der Waals surface area contributed by atoms with Crippen LogP contribution in [0.2, 0.25) is 5.02 Å². The average Bonchev–Trinajstić information content (AvgIpc) is 2.41. The predicted molar refractivity (Wildman–Crippen MR) is 72.9 cm³/mol. The number of pyridine rings is 1.